The number of para-hydroxylation sites is 2. The topological polar surface area (TPSA) is 55.1 Å². The Morgan fingerprint density at radius 1 is 1.15 bits per heavy atom. The van der Waals surface area contributed by atoms with Crippen LogP contribution in [0.4, 0.5) is 11.4 Å². The van der Waals surface area contributed by atoms with Crippen LogP contribution < -0.4 is 11.1 Å². The van der Waals surface area contributed by atoms with E-state index in [1.165, 1.54) is 0 Å². The first kappa shape index (κ1) is 19.6. The van der Waals surface area contributed by atoms with Gasteiger partial charge in [0.25, 0.3) is 0 Å². The second kappa shape index (κ2) is 8.24. The Kier molecular flexibility index (Phi) is 5.98. The van der Waals surface area contributed by atoms with E-state index in [1.54, 1.807) is 11.8 Å². The highest BCUT2D eigenvalue weighted by Gasteiger charge is 2.32. The standard InChI is InChI=1S/C22H23ClN2OS/c1-15(2)27-20-14-22(23,25-19-11-7-6-10-18(19)24)13-12-17(20)21(26)16-8-4-3-5-9-16/h3-13,15,25H,14,24H2,1-2H3. The summed E-state index contributed by atoms with van der Waals surface area (Å²) >= 11 is 8.54. The first-order valence-electron chi connectivity index (χ1n) is 8.88. The zero-order valence-electron chi connectivity index (χ0n) is 15.4. The molecule has 1 unspecified atom stereocenters. The Balaban J connectivity index is 1.91. The number of benzene rings is 2. The van der Waals surface area contributed by atoms with Gasteiger partial charge in [-0.3, -0.25) is 4.79 Å². The Labute approximate surface area is 169 Å². The number of thioether (sulfide) groups is 1. The average Bonchev–Trinajstić information content (AvgIpc) is 2.63. The largest absolute Gasteiger partial charge is 0.397 e. The van der Waals surface area contributed by atoms with Crippen LogP contribution in [0.3, 0.4) is 0 Å². The zero-order chi connectivity index (χ0) is 19.4. The molecular formula is C22H23ClN2OS. The molecule has 140 valence electrons. The smallest absolute Gasteiger partial charge is 0.193 e. The number of anilines is 2. The number of carbonyl (C=O) groups excluding carboxylic acids is 1. The lowest BCUT2D eigenvalue weighted by molar-refractivity contribution is 0.103. The molecule has 0 radical (unpaired) electrons. The fourth-order valence-corrected chi connectivity index (χ4v) is 4.50. The molecule has 0 saturated carbocycles. The molecule has 0 amide bonds. The molecule has 0 bridgehead atoms. The lowest BCUT2D eigenvalue weighted by Gasteiger charge is -2.32. The number of carbonyl (C=O) groups is 1. The molecule has 0 spiro atoms. The fraction of sp³-hybridized carbons (Fsp3) is 0.227. The number of rotatable bonds is 6. The fourth-order valence-electron chi connectivity index (χ4n) is 2.95. The molecule has 0 fully saturated rings. The summed E-state index contributed by atoms with van der Waals surface area (Å²) in [5.74, 6) is 0.0212. The third kappa shape index (κ3) is 4.76. The summed E-state index contributed by atoms with van der Waals surface area (Å²) in [4.78, 5) is 13.2. The molecule has 0 heterocycles. The van der Waals surface area contributed by atoms with E-state index in [9.17, 15) is 4.79 Å². The van der Waals surface area contributed by atoms with E-state index >= 15 is 0 Å². The van der Waals surface area contributed by atoms with Gasteiger partial charge in [0.05, 0.1) is 11.4 Å². The lowest BCUT2D eigenvalue weighted by atomic mass is 9.95. The quantitative estimate of drug-likeness (QED) is 0.277. The zero-order valence-corrected chi connectivity index (χ0v) is 17.0. The van der Waals surface area contributed by atoms with E-state index < -0.39 is 5.00 Å². The van der Waals surface area contributed by atoms with Crippen molar-refractivity contribution in [3.05, 3.63) is 82.8 Å². The van der Waals surface area contributed by atoms with Crippen LogP contribution in [0.25, 0.3) is 0 Å². The Hall–Kier alpha value is -2.17. The van der Waals surface area contributed by atoms with Crippen molar-refractivity contribution < 1.29 is 4.79 Å². The van der Waals surface area contributed by atoms with E-state index in [0.717, 1.165) is 10.6 Å². The van der Waals surface area contributed by atoms with Crippen LogP contribution in [0.15, 0.2) is 77.2 Å². The summed E-state index contributed by atoms with van der Waals surface area (Å²) in [5.41, 5.74) is 8.86. The molecule has 1 aliphatic rings. The third-order valence-corrected chi connectivity index (χ3v) is 5.67. The molecule has 3 N–H and O–H groups in total. The molecule has 1 atom stereocenters. The minimum Gasteiger partial charge on any atom is -0.397 e. The number of ketones is 1. The SMILES string of the molecule is CC(C)SC1=C(C(=O)c2ccccc2)C=CC(Cl)(Nc2ccccc2N)C1. The summed E-state index contributed by atoms with van der Waals surface area (Å²) < 4.78 is 0. The Bertz CT molecular complexity index is 892. The molecule has 0 aliphatic heterocycles. The molecule has 2 aromatic carbocycles. The van der Waals surface area contributed by atoms with Gasteiger partial charge >= 0.3 is 0 Å². The van der Waals surface area contributed by atoms with Crippen LogP contribution >= 0.6 is 23.4 Å². The van der Waals surface area contributed by atoms with Gasteiger partial charge in [-0.2, -0.15) is 0 Å². The van der Waals surface area contributed by atoms with E-state index in [-0.39, 0.29) is 5.78 Å². The predicted octanol–water partition coefficient (Wildman–Crippen LogP) is 5.85. The molecule has 0 saturated heterocycles. The lowest BCUT2D eigenvalue weighted by Crippen LogP contribution is -2.33. The van der Waals surface area contributed by atoms with Gasteiger partial charge in [0.1, 0.15) is 5.00 Å². The van der Waals surface area contributed by atoms with Gasteiger partial charge in [0.2, 0.25) is 0 Å². The van der Waals surface area contributed by atoms with Gasteiger partial charge in [-0.1, -0.05) is 74.0 Å². The molecule has 2 aromatic rings. The number of nitrogens with one attached hydrogen (secondary N) is 1. The van der Waals surface area contributed by atoms with Crippen molar-refractivity contribution in [2.45, 2.75) is 30.5 Å². The maximum absolute atomic E-state index is 13.0. The van der Waals surface area contributed by atoms with E-state index in [4.69, 9.17) is 17.3 Å². The van der Waals surface area contributed by atoms with Crippen LogP contribution in [-0.2, 0) is 0 Å². The summed E-state index contributed by atoms with van der Waals surface area (Å²) in [6, 6.07) is 16.9. The van der Waals surface area contributed by atoms with Gasteiger partial charge in [-0.15, -0.1) is 11.8 Å². The van der Waals surface area contributed by atoms with Crippen molar-refractivity contribution in [1.29, 1.82) is 0 Å². The molecular weight excluding hydrogens is 376 g/mol. The summed E-state index contributed by atoms with van der Waals surface area (Å²) in [7, 11) is 0. The molecule has 3 rings (SSSR count). The number of nitrogen functional groups attached to an aromatic ring is 1. The van der Waals surface area contributed by atoms with E-state index in [2.05, 4.69) is 19.2 Å². The van der Waals surface area contributed by atoms with Crippen LogP contribution in [0, 0.1) is 0 Å². The number of hydrogen-bond acceptors (Lipinski definition) is 4. The normalized spacial score (nSPS) is 19.4. The summed E-state index contributed by atoms with van der Waals surface area (Å²) in [6.45, 7) is 4.22. The van der Waals surface area contributed by atoms with Crippen LogP contribution in [0.5, 0.6) is 0 Å². The Morgan fingerprint density at radius 3 is 2.48 bits per heavy atom. The van der Waals surface area contributed by atoms with Crippen LogP contribution in [-0.4, -0.2) is 16.0 Å². The van der Waals surface area contributed by atoms with Gasteiger partial charge < -0.3 is 11.1 Å². The number of nitrogens with two attached hydrogens (primary N) is 1. The van der Waals surface area contributed by atoms with Gasteiger partial charge in [0.15, 0.2) is 5.78 Å². The molecule has 0 aromatic heterocycles. The monoisotopic (exact) mass is 398 g/mol. The molecule has 3 nitrogen and oxygen atoms in total. The van der Waals surface area contributed by atoms with Gasteiger partial charge in [-0.05, 0) is 18.2 Å². The van der Waals surface area contributed by atoms with Crippen molar-refractivity contribution in [2.75, 3.05) is 11.1 Å². The highest BCUT2D eigenvalue weighted by molar-refractivity contribution is 8.03. The van der Waals surface area contributed by atoms with E-state index in [1.807, 2.05) is 66.7 Å². The van der Waals surface area contributed by atoms with Crippen LogP contribution in [0.2, 0.25) is 0 Å². The summed E-state index contributed by atoms with van der Waals surface area (Å²) in [5, 5.41) is 3.66. The Morgan fingerprint density at radius 2 is 1.81 bits per heavy atom. The summed E-state index contributed by atoms with van der Waals surface area (Å²) in [6.07, 6.45) is 4.19. The minimum absolute atomic E-state index is 0.0212. The van der Waals surface area contributed by atoms with Gasteiger partial charge in [-0.25, -0.2) is 0 Å². The maximum atomic E-state index is 13.0. The van der Waals surface area contributed by atoms with Crippen molar-refractivity contribution >= 4 is 40.5 Å². The van der Waals surface area contributed by atoms with Crippen molar-refractivity contribution in [3.63, 3.8) is 0 Å². The molecule has 1 aliphatic carbocycles. The van der Waals surface area contributed by atoms with Gasteiger partial charge in [0, 0.05) is 27.7 Å². The second-order valence-electron chi connectivity index (χ2n) is 6.78. The molecule has 5 heteroatoms. The second-order valence-corrected chi connectivity index (χ2v) is 9.13. The van der Waals surface area contributed by atoms with Crippen molar-refractivity contribution in [1.82, 2.24) is 0 Å². The third-order valence-electron chi connectivity index (χ3n) is 4.19. The highest BCUT2D eigenvalue weighted by atomic mass is 35.5. The number of Topliss-reactive ketones (excluding diaryl/α,β-unsaturated/α-hetero) is 1. The van der Waals surface area contributed by atoms with Crippen LogP contribution in [0.1, 0.15) is 30.6 Å². The predicted molar refractivity (Wildman–Crippen MR) is 117 cm³/mol. The average molecular weight is 399 g/mol. The van der Waals surface area contributed by atoms with E-state index in [0.29, 0.717) is 28.5 Å². The highest BCUT2D eigenvalue weighted by Crippen LogP contribution is 2.41. The maximum Gasteiger partial charge on any atom is 0.193 e. The molecule has 27 heavy (non-hydrogen) atoms. The first-order valence-corrected chi connectivity index (χ1v) is 10.1. The number of halogens is 1. The number of hydrogen-bond donors (Lipinski definition) is 2. The minimum atomic E-state index is -0.826. The van der Waals surface area contributed by atoms with Crippen molar-refractivity contribution in [3.8, 4) is 0 Å². The number of alkyl halides is 1. The first-order chi connectivity index (χ1) is 12.9. The number of allylic oxidation sites excluding steroid dienone is 2. The van der Waals surface area contributed by atoms with Crippen molar-refractivity contribution in [2.24, 2.45) is 0 Å².